The van der Waals surface area contributed by atoms with E-state index in [1.807, 2.05) is 60.7 Å². The highest BCUT2D eigenvalue weighted by molar-refractivity contribution is 7.88. The molecule has 0 amide bonds. The molecule has 0 atom stereocenters. The van der Waals surface area contributed by atoms with Gasteiger partial charge < -0.3 is 0 Å². The molecule has 0 radical (unpaired) electrons. The second-order valence-corrected chi connectivity index (χ2v) is 6.00. The van der Waals surface area contributed by atoms with E-state index < -0.39 is 10.0 Å². The van der Waals surface area contributed by atoms with Crippen LogP contribution in [0.25, 0.3) is 0 Å². The summed E-state index contributed by atoms with van der Waals surface area (Å²) in [7, 11) is -3.32. The smallest absolute Gasteiger partial charge is 0.225 e. The van der Waals surface area contributed by atoms with Gasteiger partial charge in [0.15, 0.2) is 0 Å². The third-order valence-corrected chi connectivity index (χ3v) is 3.08. The first kappa shape index (κ1) is 13.6. The van der Waals surface area contributed by atoms with Crippen LogP contribution < -0.4 is 9.84 Å². The fourth-order valence-electron chi connectivity index (χ4n) is 1.75. The molecule has 0 unspecified atom stereocenters. The van der Waals surface area contributed by atoms with E-state index in [4.69, 9.17) is 0 Å². The lowest BCUT2D eigenvalue weighted by Crippen LogP contribution is -2.41. The topological polar surface area (TPSA) is 49.4 Å². The molecule has 0 aliphatic rings. The molecule has 5 heteroatoms. The van der Waals surface area contributed by atoms with E-state index >= 15 is 0 Å². The Morgan fingerprint density at radius 2 is 1.47 bits per heavy atom. The van der Waals surface area contributed by atoms with Crippen LogP contribution >= 0.6 is 0 Å². The first-order valence-corrected chi connectivity index (χ1v) is 7.78. The minimum atomic E-state index is -3.32. The standard InChI is InChI=1S/C14H16N2O2S/c1-19(17,18)15-16(14-10-6-3-7-11-14)12-13-8-4-2-5-9-13/h2-11,15H,12H2,1H3. The summed E-state index contributed by atoms with van der Waals surface area (Å²) in [5, 5.41) is 1.62. The van der Waals surface area contributed by atoms with Gasteiger partial charge in [0.05, 0.1) is 18.5 Å². The maximum absolute atomic E-state index is 11.5. The third-order valence-electron chi connectivity index (χ3n) is 2.53. The predicted octanol–water partition coefficient (Wildman–Crippen LogP) is 2.16. The molecule has 4 nitrogen and oxygen atoms in total. The zero-order valence-electron chi connectivity index (χ0n) is 10.7. The molecular weight excluding hydrogens is 260 g/mol. The van der Waals surface area contributed by atoms with Crippen molar-refractivity contribution in [1.29, 1.82) is 0 Å². The predicted molar refractivity (Wildman–Crippen MR) is 77.0 cm³/mol. The lowest BCUT2D eigenvalue weighted by Gasteiger charge is -2.24. The van der Waals surface area contributed by atoms with Crippen LogP contribution in [-0.2, 0) is 16.6 Å². The molecule has 2 aromatic carbocycles. The van der Waals surface area contributed by atoms with Gasteiger partial charge in [-0.05, 0) is 17.7 Å². The zero-order valence-corrected chi connectivity index (χ0v) is 11.5. The van der Waals surface area contributed by atoms with Gasteiger partial charge in [0, 0.05) is 0 Å². The number of nitrogens with one attached hydrogen (secondary N) is 1. The SMILES string of the molecule is CS(=O)(=O)NN(Cc1ccccc1)c1ccccc1. The molecule has 0 bridgehead atoms. The molecule has 0 saturated heterocycles. The molecule has 0 saturated carbocycles. The quantitative estimate of drug-likeness (QED) is 0.851. The van der Waals surface area contributed by atoms with Gasteiger partial charge in [0.25, 0.3) is 0 Å². The van der Waals surface area contributed by atoms with Crippen LogP contribution in [0.4, 0.5) is 5.69 Å². The minimum Gasteiger partial charge on any atom is -0.291 e. The normalized spacial score (nSPS) is 11.2. The van der Waals surface area contributed by atoms with E-state index in [0.717, 1.165) is 17.5 Å². The van der Waals surface area contributed by atoms with Gasteiger partial charge in [-0.15, -0.1) is 4.83 Å². The summed E-state index contributed by atoms with van der Waals surface area (Å²) in [6.45, 7) is 0.470. The molecule has 1 N–H and O–H groups in total. The molecule has 0 spiro atoms. The van der Waals surface area contributed by atoms with Crippen molar-refractivity contribution in [3.8, 4) is 0 Å². The lowest BCUT2D eigenvalue weighted by molar-refractivity contribution is 0.581. The van der Waals surface area contributed by atoms with E-state index in [0.29, 0.717) is 6.54 Å². The van der Waals surface area contributed by atoms with Gasteiger partial charge in [-0.3, -0.25) is 5.01 Å². The third kappa shape index (κ3) is 4.39. The van der Waals surface area contributed by atoms with Gasteiger partial charge in [0.1, 0.15) is 0 Å². The Morgan fingerprint density at radius 1 is 0.947 bits per heavy atom. The highest BCUT2D eigenvalue weighted by Gasteiger charge is 2.11. The fourth-order valence-corrected chi connectivity index (χ4v) is 2.32. The van der Waals surface area contributed by atoms with E-state index in [2.05, 4.69) is 4.83 Å². The second kappa shape index (κ2) is 5.86. The van der Waals surface area contributed by atoms with Crippen LogP contribution in [0.1, 0.15) is 5.56 Å². The zero-order chi connectivity index (χ0) is 13.7. The number of hydrogen-bond donors (Lipinski definition) is 1. The molecule has 0 fully saturated rings. The Labute approximate surface area is 113 Å². The number of anilines is 1. The van der Waals surface area contributed by atoms with Crippen LogP contribution in [0.5, 0.6) is 0 Å². The Balaban J connectivity index is 2.25. The number of hydrazine groups is 1. The molecule has 2 aromatic rings. The average molecular weight is 276 g/mol. The van der Waals surface area contributed by atoms with Crippen molar-refractivity contribution in [2.24, 2.45) is 0 Å². The first-order chi connectivity index (χ1) is 9.04. The van der Waals surface area contributed by atoms with Crippen molar-refractivity contribution >= 4 is 15.7 Å². The van der Waals surface area contributed by atoms with Crippen molar-refractivity contribution in [1.82, 2.24) is 4.83 Å². The highest BCUT2D eigenvalue weighted by atomic mass is 32.2. The number of para-hydroxylation sites is 1. The summed E-state index contributed by atoms with van der Waals surface area (Å²) < 4.78 is 22.9. The van der Waals surface area contributed by atoms with Gasteiger partial charge >= 0.3 is 0 Å². The number of sulfonamides is 1. The van der Waals surface area contributed by atoms with E-state index in [-0.39, 0.29) is 0 Å². The van der Waals surface area contributed by atoms with Gasteiger partial charge in [-0.2, -0.15) is 0 Å². The molecular formula is C14H16N2O2S. The van der Waals surface area contributed by atoms with Gasteiger partial charge in [0.2, 0.25) is 10.0 Å². The van der Waals surface area contributed by atoms with Crippen LogP contribution in [0, 0.1) is 0 Å². The Bertz CT molecular complexity index is 612. The van der Waals surface area contributed by atoms with Crippen LogP contribution in [0.2, 0.25) is 0 Å². The van der Waals surface area contributed by atoms with Gasteiger partial charge in [-0.1, -0.05) is 48.5 Å². The fraction of sp³-hybridized carbons (Fsp3) is 0.143. The summed E-state index contributed by atoms with van der Waals surface area (Å²) in [4.78, 5) is 2.53. The summed E-state index contributed by atoms with van der Waals surface area (Å²) in [5.74, 6) is 0. The molecule has 2 rings (SSSR count). The number of rotatable bonds is 5. The van der Waals surface area contributed by atoms with Crippen molar-refractivity contribution in [3.63, 3.8) is 0 Å². The van der Waals surface area contributed by atoms with Crippen molar-refractivity contribution < 1.29 is 8.42 Å². The lowest BCUT2D eigenvalue weighted by atomic mass is 10.2. The summed E-state index contributed by atoms with van der Waals surface area (Å²) in [6, 6.07) is 19.1. The number of nitrogens with zero attached hydrogens (tertiary/aromatic N) is 1. The molecule has 0 aliphatic heterocycles. The van der Waals surface area contributed by atoms with Crippen LogP contribution in [-0.4, -0.2) is 14.7 Å². The average Bonchev–Trinajstić information content (AvgIpc) is 2.39. The molecule has 0 heterocycles. The molecule has 0 aromatic heterocycles. The van der Waals surface area contributed by atoms with Gasteiger partial charge in [-0.25, -0.2) is 8.42 Å². The summed E-state index contributed by atoms with van der Waals surface area (Å²) in [6.07, 6.45) is 1.15. The second-order valence-electron chi connectivity index (χ2n) is 4.27. The summed E-state index contributed by atoms with van der Waals surface area (Å²) >= 11 is 0. The van der Waals surface area contributed by atoms with E-state index in [1.165, 1.54) is 0 Å². The van der Waals surface area contributed by atoms with Crippen molar-refractivity contribution in [2.45, 2.75) is 6.54 Å². The first-order valence-electron chi connectivity index (χ1n) is 5.88. The van der Waals surface area contributed by atoms with E-state index in [9.17, 15) is 8.42 Å². The number of benzene rings is 2. The Kier molecular flexibility index (Phi) is 4.19. The van der Waals surface area contributed by atoms with Crippen molar-refractivity contribution in [3.05, 3.63) is 66.2 Å². The molecule has 100 valence electrons. The maximum atomic E-state index is 11.5. The Hall–Kier alpha value is -1.85. The van der Waals surface area contributed by atoms with Crippen molar-refractivity contribution in [2.75, 3.05) is 11.3 Å². The number of hydrogen-bond acceptors (Lipinski definition) is 3. The van der Waals surface area contributed by atoms with E-state index in [1.54, 1.807) is 5.01 Å². The largest absolute Gasteiger partial charge is 0.291 e. The summed E-state index contributed by atoms with van der Waals surface area (Å²) in [5.41, 5.74) is 1.83. The molecule has 0 aliphatic carbocycles. The highest BCUT2D eigenvalue weighted by Crippen LogP contribution is 2.15. The molecule has 19 heavy (non-hydrogen) atoms. The maximum Gasteiger partial charge on any atom is 0.225 e. The van der Waals surface area contributed by atoms with Crippen LogP contribution in [0.15, 0.2) is 60.7 Å². The van der Waals surface area contributed by atoms with Crippen LogP contribution in [0.3, 0.4) is 0 Å². The Morgan fingerprint density at radius 3 is 2.00 bits per heavy atom. The monoisotopic (exact) mass is 276 g/mol. The minimum absolute atomic E-state index is 0.470.